The number of ether oxygens (including phenoxy) is 1. The Balaban J connectivity index is 1.55. The predicted octanol–water partition coefficient (Wildman–Crippen LogP) is 7.85. The summed E-state index contributed by atoms with van der Waals surface area (Å²) in [7, 11) is 1.79. The topological polar surface area (TPSA) is 25.4 Å². The van der Waals surface area contributed by atoms with E-state index in [1.54, 1.807) is 7.11 Å². The number of nitrogens with zero attached hydrogens (tertiary/aromatic N) is 2. The molecule has 0 saturated heterocycles. The molecule has 3 nitrogen and oxygen atoms in total. The molecule has 35 heavy (non-hydrogen) atoms. The molecule has 0 N–H and O–H groups in total. The number of benzene rings is 2. The minimum Gasteiger partial charge on any atom is -0.496 e. The Labute approximate surface area is 212 Å². The van der Waals surface area contributed by atoms with E-state index in [0.717, 1.165) is 49.8 Å². The Morgan fingerprint density at radius 3 is 2.26 bits per heavy atom. The van der Waals surface area contributed by atoms with Gasteiger partial charge in [-0.15, -0.1) is 0 Å². The van der Waals surface area contributed by atoms with Crippen LogP contribution in [0.4, 0.5) is 0 Å². The van der Waals surface area contributed by atoms with Crippen LogP contribution in [0.2, 0.25) is 0 Å². The first-order valence-corrected chi connectivity index (χ1v) is 13.6. The summed E-state index contributed by atoms with van der Waals surface area (Å²) in [6, 6.07) is 19.6. The maximum absolute atomic E-state index is 5.92. The summed E-state index contributed by atoms with van der Waals surface area (Å²) in [5, 5.41) is 0. The van der Waals surface area contributed by atoms with E-state index in [4.69, 9.17) is 9.72 Å². The van der Waals surface area contributed by atoms with Crippen molar-refractivity contribution < 1.29 is 4.74 Å². The third-order valence-electron chi connectivity index (χ3n) is 7.62. The molecular weight excluding hydrogens is 428 g/mol. The van der Waals surface area contributed by atoms with Crippen molar-refractivity contribution in [3.05, 3.63) is 83.0 Å². The van der Waals surface area contributed by atoms with Crippen LogP contribution in [0.25, 0.3) is 11.3 Å². The average Bonchev–Trinajstić information content (AvgIpc) is 3.42. The summed E-state index contributed by atoms with van der Waals surface area (Å²) in [4.78, 5) is 7.54. The van der Waals surface area contributed by atoms with E-state index in [1.165, 1.54) is 66.3 Å². The predicted molar refractivity (Wildman–Crippen MR) is 147 cm³/mol. The van der Waals surface area contributed by atoms with Gasteiger partial charge in [0, 0.05) is 36.5 Å². The van der Waals surface area contributed by atoms with Crippen molar-refractivity contribution in [3.63, 3.8) is 0 Å². The molecule has 3 heteroatoms. The van der Waals surface area contributed by atoms with Gasteiger partial charge < -0.3 is 4.74 Å². The highest BCUT2D eigenvalue weighted by atomic mass is 16.5. The van der Waals surface area contributed by atoms with E-state index in [-0.39, 0.29) is 0 Å². The number of pyridine rings is 1. The number of rotatable bonds is 12. The van der Waals surface area contributed by atoms with Crippen LogP contribution >= 0.6 is 0 Å². The highest BCUT2D eigenvalue weighted by molar-refractivity contribution is 5.69. The molecule has 1 fully saturated rings. The van der Waals surface area contributed by atoms with E-state index in [2.05, 4.69) is 79.5 Å². The molecule has 1 aromatic heterocycles. The summed E-state index contributed by atoms with van der Waals surface area (Å²) in [5.74, 6) is 1.88. The molecule has 1 aliphatic rings. The van der Waals surface area contributed by atoms with Gasteiger partial charge >= 0.3 is 0 Å². The second-order valence-corrected chi connectivity index (χ2v) is 10.0. The minimum absolute atomic E-state index is 0.853. The van der Waals surface area contributed by atoms with Crippen LogP contribution in [-0.4, -0.2) is 23.5 Å². The molecule has 0 atom stereocenters. The van der Waals surface area contributed by atoms with E-state index in [0.29, 0.717) is 0 Å². The van der Waals surface area contributed by atoms with Crippen LogP contribution in [0.3, 0.4) is 0 Å². The lowest BCUT2D eigenvalue weighted by Gasteiger charge is -2.24. The number of hydrogen-bond donors (Lipinski definition) is 0. The second kappa shape index (κ2) is 12.9. The first kappa shape index (κ1) is 25.4. The molecule has 4 rings (SSSR count). The fraction of sp³-hybridized carbons (Fsp3) is 0.469. The molecular formula is C32H42N2O. The van der Waals surface area contributed by atoms with Gasteiger partial charge in [-0.2, -0.15) is 0 Å². The van der Waals surface area contributed by atoms with Crippen molar-refractivity contribution in [3.8, 4) is 17.0 Å². The Morgan fingerprint density at radius 1 is 0.886 bits per heavy atom. The van der Waals surface area contributed by atoms with Crippen LogP contribution in [0.5, 0.6) is 5.75 Å². The first-order chi connectivity index (χ1) is 17.2. The number of methoxy groups -OCH3 is 1. The Bertz CT molecular complexity index is 1030. The summed E-state index contributed by atoms with van der Waals surface area (Å²) >= 11 is 0. The van der Waals surface area contributed by atoms with Gasteiger partial charge in [-0.25, -0.2) is 0 Å². The molecule has 186 valence electrons. The van der Waals surface area contributed by atoms with E-state index in [1.807, 2.05) is 0 Å². The molecule has 2 aromatic carbocycles. The van der Waals surface area contributed by atoms with Crippen LogP contribution in [-0.2, 0) is 25.9 Å². The summed E-state index contributed by atoms with van der Waals surface area (Å²) in [6.07, 6.45) is 12.4. The Morgan fingerprint density at radius 2 is 1.60 bits per heavy atom. The zero-order valence-electron chi connectivity index (χ0n) is 21.9. The molecule has 1 heterocycles. The smallest absolute Gasteiger partial charge is 0.127 e. The molecule has 0 unspecified atom stereocenters. The van der Waals surface area contributed by atoms with E-state index < -0.39 is 0 Å². The van der Waals surface area contributed by atoms with Gasteiger partial charge in [-0.1, -0.05) is 88.1 Å². The molecule has 3 aromatic rings. The lowest BCUT2D eigenvalue weighted by atomic mass is 9.94. The van der Waals surface area contributed by atoms with Gasteiger partial charge in [-0.05, 0) is 54.8 Å². The normalized spacial score (nSPS) is 14.1. The van der Waals surface area contributed by atoms with Gasteiger partial charge in [0.1, 0.15) is 5.75 Å². The Kier molecular flexibility index (Phi) is 9.36. The van der Waals surface area contributed by atoms with Gasteiger partial charge in [-0.3, -0.25) is 9.88 Å². The van der Waals surface area contributed by atoms with Crippen LogP contribution in [0.1, 0.15) is 74.6 Å². The molecule has 1 saturated carbocycles. The highest BCUT2D eigenvalue weighted by Crippen LogP contribution is 2.32. The largest absolute Gasteiger partial charge is 0.496 e. The van der Waals surface area contributed by atoms with Gasteiger partial charge in [0.15, 0.2) is 0 Å². The van der Waals surface area contributed by atoms with Crippen molar-refractivity contribution >= 4 is 0 Å². The van der Waals surface area contributed by atoms with Crippen molar-refractivity contribution in [2.45, 2.75) is 78.3 Å². The van der Waals surface area contributed by atoms with Crippen LogP contribution < -0.4 is 4.74 Å². The number of aromatic nitrogens is 1. The molecule has 0 radical (unpaired) electrons. The molecule has 1 aliphatic carbocycles. The maximum Gasteiger partial charge on any atom is 0.127 e. The third kappa shape index (κ3) is 6.73. The highest BCUT2D eigenvalue weighted by Gasteiger charge is 2.18. The fourth-order valence-electron chi connectivity index (χ4n) is 5.68. The molecule has 0 spiro atoms. The molecule has 0 bridgehead atoms. The Hall–Kier alpha value is -2.65. The van der Waals surface area contributed by atoms with Crippen LogP contribution in [0, 0.1) is 5.92 Å². The standard InChI is InChI=1S/C32H42N2O/c1-4-27-18-11-19-28(5-2)32(27)30-21-31(35-3)29(22-33-30)24-34(23-26-15-7-6-8-16-26)20-12-17-25-13-9-10-14-25/h6-8,11,15-16,18-19,21-22,25H,4-5,9-10,12-14,17,20,23-24H2,1-3H3. The summed E-state index contributed by atoms with van der Waals surface area (Å²) in [6.45, 7) is 7.35. The van der Waals surface area contributed by atoms with Crippen molar-refractivity contribution in [2.75, 3.05) is 13.7 Å². The van der Waals surface area contributed by atoms with Gasteiger partial charge in [0.2, 0.25) is 0 Å². The number of aryl methyl sites for hydroxylation is 2. The maximum atomic E-state index is 5.92. The fourth-order valence-corrected chi connectivity index (χ4v) is 5.68. The monoisotopic (exact) mass is 470 g/mol. The zero-order valence-corrected chi connectivity index (χ0v) is 21.9. The number of hydrogen-bond acceptors (Lipinski definition) is 3. The van der Waals surface area contributed by atoms with Gasteiger partial charge in [0.25, 0.3) is 0 Å². The quantitative estimate of drug-likeness (QED) is 0.269. The summed E-state index contributed by atoms with van der Waals surface area (Å²) in [5.41, 5.74) is 7.53. The van der Waals surface area contributed by atoms with Crippen molar-refractivity contribution in [2.24, 2.45) is 5.92 Å². The van der Waals surface area contributed by atoms with E-state index in [9.17, 15) is 0 Å². The lowest BCUT2D eigenvalue weighted by Crippen LogP contribution is -2.25. The minimum atomic E-state index is 0.853. The average molecular weight is 471 g/mol. The zero-order chi connectivity index (χ0) is 24.5. The second-order valence-electron chi connectivity index (χ2n) is 10.0. The van der Waals surface area contributed by atoms with E-state index >= 15 is 0 Å². The third-order valence-corrected chi connectivity index (χ3v) is 7.62. The van der Waals surface area contributed by atoms with Gasteiger partial charge in [0.05, 0.1) is 12.8 Å². The first-order valence-electron chi connectivity index (χ1n) is 13.6. The SMILES string of the molecule is CCc1cccc(CC)c1-c1cc(OC)c(CN(CCCC2CCCC2)Cc2ccccc2)cn1. The lowest BCUT2D eigenvalue weighted by molar-refractivity contribution is 0.240. The van der Waals surface area contributed by atoms with Crippen molar-refractivity contribution in [1.29, 1.82) is 0 Å². The molecule has 0 amide bonds. The molecule has 0 aliphatic heterocycles. The van der Waals surface area contributed by atoms with Crippen molar-refractivity contribution in [1.82, 2.24) is 9.88 Å². The summed E-state index contributed by atoms with van der Waals surface area (Å²) < 4.78 is 5.92. The van der Waals surface area contributed by atoms with Crippen LogP contribution in [0.15, 0.2) is 60.8 Å².